The molecule has 0 fully saturated rings. The van der Waals surface area contributed by atoms with E-state index >= 15 is 0 Å². The molecule has 0 unspecified atom stereocenters. The molecular formula is C13H11BrINO2. The van der Waals surface area contributed by atoms with Crippen LogP contribution in [0.3, 0.4) is 0 Å². The van der Waals surface area contributed by atoms with Crippen LogP contribution in [0.1, 0.15) is 21.9 Å². The van der Waals surface area contributed by atoms with Crippen molar-refractivity contribution < 1.29 is 9.21 Å². The van der Waals surface area contributed by atoms with Gasteiger partial charge in [0.25, 0.3) is 5.91 Å². The summed E-state index contributed by atoms with van der Waals surface area (Å²) >= 11 is 5.51. The zero-order valence-corrected chi connectivity index (χ0v) is 13.4. The number of carbonyl (C=O) groups excluding carboxylic acids is 1. The van der Waals surface area contributed by atoms with Crippen molar-refractivity contribution in [3.8, 4) is 0 Å². The van der Waals surface area contributed by atoms with E-state index in [0.29, 0.717) is 12.1 Å². The van der Waals surface area contributed by atoms with Crippen LogP contribution in [0.25, 0.3) is 0 Å². The number of rotatable bonds is 3. The lowest BCUT2D eigenvalue weighted by molar-refractivity contribution is 0.0947. The fourth-order valence-electron chi connectivity index (χ4n) is 1.51. The van der Waals surface area contributed by atoms with Crippen LogP contribution in [0.15, 0.2) is 39.2 Å². The first-order chi connectivity index (χ1) is 8.56. The third-order valence-electron chi connectivity index (χ3n) is 2.39. The predicted octanol–water partition coefficient (Wildman–Crippen LogP) is 3.89. The smallest absolute Gasteiger partial charge is 0.252 e. The molecule has 0 atom stereocenters. The SMILES string of the molecule is Cc1ccc(CNC(=O)c2cc(Br)ccc2I)o1. The summed E-state index contributed by atoms with van der Waals surface area (Å²) in [5.74, 6) is 1.50. The van der Waals surface area contributed by atoms with Gasteiger partial charge in [-0.25, -0.2) is 0 Å². The van der Waals surface area contributed by atoms with Crippen molar-refractivity contribution in [3.05, 3.63) is 55.5 Å². The molecule has 1 aromatic carbocycles. The van der Waals surface area contributed by atoms with Gasteiger partial charge < -0.3 is 9.73 Å². The number of aryl methyl sites for hydroxylation is 1. The van der Waals surface area contributed by atoms with Gasteiger partial charge in [0.15, 0.2) is 0 Å². The van der Waals surface area contributed by atoms with Crippen molar-refractivity contribution in [2.24, 2.45) is 0 Å². The average Bonchev–Trinajstić information content (AvgIpc) is 2.75. The van der Waals surface area contributed by atoms with Crippen LogP contribution in [0.2, 0.25) is 0 Å². The molecular weight excluding hydrogens is 409 g/mol. The second-order valence-electron chi connectivity index (χ2n) is 3.82. The number of amides is 1. The summed E-state index contributed by atoms with van der Waals surface area (Å²) in [6.07, 6.45) is 0. The number of nitrogens with one attached hydrogen (secondary N) is 1. The molecule has 5 heteroatoms. The molecule has 3 nitrogen and oxygen atoms in total. The molecule has 0 spiro atoms. The lowest BCUT2D eigenvalue weighted by Crippen LogP contribution is -2.23. The third-order valence-corrected chi connectivity index (χ3v) is 3.83. The normalized spacial score (nSPS) is 10.4. The van der Waals surface area contributed by atoms with Crippen LogP contribution >= 0.6 is 38.5 Å². The largest absolute Gasteiger partial charge is 0.465 e. The molecule has 0 saturated heterocycles. The first-order valence-corrected chi connectivity index (χ1v) is 7.22. The molecule has 94 valence electrons. The Bertz CT molecular complexity index is 580. The Balaban J connectivity index is 2.05. The zero-order valence-electron chi connectivity index (χ0n) is 9.67. The molecule has 18 heavy (non-hydrogen) atoms. The summed E-state index contributed by atoms with van der Waals surface area (Å²) in [5.41, 5.74) is 0.660. The molecule has 2 rings (SSSR count). The van der Waals surface area contributed by atoms with Crippen molar-refractivity contribution in [1.29, 1.82) is 0 Å². The Labute approximate surface area is 127 Å². The number of furan rings is 1. The number of hydrogen-bond acceptors (Lipinski definition) is 2. The number of hydrogen-bond donors (Lipinski definition) is 1. The second-order valence-corrected chi connectivity index (χ2v) is 5.90. The summed E-state index contributed by atoms with van der Waals surface area (Å²) in [4.78, 5) is 12.0. The zero-order chi connectivity index (χ0) is 13.1. The van der Waals surface area contributed by atoms with Gasteiger partial charge in [-0.2, -0.15) is 0 Å². The number of halogens is 2. The lowest BCUT2D eigenvalue weighted by Gasteiger charge is -2.06. The highest BCUT2D eigenvalue weighted by Gasteiger charge is 2.10. The van der Waals surface area contributed by atoms with Crippen molar-refractivity contribution in [2.45, 2.75) is 13.5 Å². The monoisotopic (exact) mass is 419 g/mol. The van der Waals surface area contributed by atoms with Crippen molar-refractivity contribution >= 4 is 44.4 Å². The first kappa shape index (κ1) is 13.6. The molecule has 0 aliphatic heterocycles. The van der Waals surface area contributed by atoms with E-state index in [2.05, 4.69) is 43.8 Å². The van der Waals surface area contributed by atoms with Crippen LogP contribution in [-0.4, -0.2) is 5.91 Å². The quantitative estimate of drug-likeness (QED) is 0.767. The molecule has 1 aromatic heterocycles. The molecule has 1 N–H and O–H groups in total. The average molecular weight is 420 g/mol. The van der Waals surface area contributed by atoms with E-state index < -0.39 is 0 Å². The van der Waals surface area contributed by atoms with Gasteiger partial charge in [0.1, 0.15) is 11.5 Å². The summed E-state index contributed by atoms with van der Waals surface area (Å²) in [6.45, 7) is 2.28. The topological polar surface area (TPSA) is 42.2 Å². The fraction of sp³-hybridized carbons (Fsp3) is 0.154. The predicted molar refractivity (Wildman–Crippen MR) is 81.5 cm³/mol. The van der Waals surface area contributed by atoms with E-state index in [9.17, 15) is 4.79 Å². The van der Waals surface area contributed by atoms with Gasteiger partial charge in [-0.3, -0.25) is 4.79 Å². The molecule has 1 heterocycles. The van der Waals surface area contributed by atoms with E-state index in [-0.39, 0.29) is 5.91 Å². The molecule has 0 aliphatic rings. The van der Waals surface area contributed by atoms with Gasteiger partial charge in [-0.05, 0) is 59.8 Å². The Hall–Kier alpha value is -0.820. The van der Waals surface area contributed by atoms with Gasteiger partial charge >= 0.3 is 0 Å². The maximum absolute atomic E-state index is 12.0. The van der Waals surface area contributed by atoms with Crippen LogP contribution < -0.4 is 5.32 Å². The van der Waals surface area contributed by atoms with E-state index in [1.54, 1.807) is 0 Å². The van der Waals surface area contributed by atoms with E-state index in [1.807, 2.05) is 37.3 Å². The second kappa shape index (κ2) is 5.88. The van der Waals surface area contributed by atoms with Crippen LogP contribution in [0.4, 0.5) is 0 Å². The minimum Gasteiger partial charge on any atom is -0.465 e. The third kappa shape index (κ3) is 3.35. The minimum absolute atomic E-state index is 0.102. The highest BCUT2D eigenvalue weighted by Crippen LogP contribution is 2.18. The highest BCUT2D eigenvalue weighted by atomic mass is 127. The van der Waals surface area contributed by atoms with Crippen LogP contribution in [0.5, 0.6) is 0 Å². The van der Waals surface area contributed by atoms with Gasteiger partial charge in [0, 0.05) is 8.04 Å². The lowest BCUT2D eigenvalue weighted by atomic mass is 10.2. The van der Waals surface area contributed by atoms with Gasteiger partial charge in [-0.15, -0.1) is 0 Å². The molecule has 0 aliphatic carbocycles. The molecule has 0 saturated carbocycles. The Morgan fingerprint density at radius 3 is 2.83 bits per heavy atom. The van der Waals surface area contributed by atoms with Crippen molar-refractivity contribution in [3.63, 3.8) is 0 Å². The maximum Gasteiger partial charge on any atom is 0.252 e. The minimum atomic E-state index is -0.102. The standard InChI is InChI=1S/C13H11BrINO2/c1-8-2-4-10(18-8)7-16-13(17)11-6-9(14)3-5-12(11)15/h2-6H,7H2,1H3,(H,16,17). The van der Waals surface area contributed by atoms with E-state index in [1.165, 1.54) is 0 Å². The van der Waals surface area contributed by atoms with Crippen LogP contribution in [0, 0.1) is 10.5 Å². The Kier molecular flexibility index (Phi) is 4.45. The number of benzene rings is 1. The molecule has 0 radical (unpaired) electrons. The van der Waals surface area contributed by atoms with Crippen molar-refractivity contribution in [2.75, 3.05) is 0 Å². The Morgan fingerprint density at radius 2 is 2.17 bits per heavy atom. The maximum atomic E-state index is 12.0. The molecule has 2 aromatic rings. The highest BCUT2D eigenvalue weighted by molar-refractivity contribution is 14.1. The van der Waals surface area contributed by atoms with Gasteiger partial charge in [-0.1, -0.05) is 15.9 Å². The van der Waals surface area contributed by atoms with Gasteiger partial charge in [0.2, 0.25) is 0 Å². The fourth-order valence-corrected chi connectivity index (χ4v) is 2.46. The molecule has 0 bridgehead atoms. The summed E-state index contributed by atoms with van der Waals surface area (Å²) in [5, 5.41) is 2.84. The van der Waals surface area contributed by atoms with Crippen molar-refractivity contribution in [1.82, 2.24) is 5.32 Å². The van der Waals surface area contributed by atoms with E-state index in [0.717, 1.165) is 19.6 Å². The van der Waals surface area contributed by atoms with Gasteiger partial charge in [0.05, 0.1) is 12.1 Å². The van der Waals surface area contributed by atoms with Crippen LogP contribution in [-0.2, 0) is 6.54 Å². The number of carbonyl (C=O) groups is 1. The summed E-state index contributed by atoms with van der Waals surface area (Å²) < 4.78 is 7.21. The summed E-state index contributed by atoms with van der Waals surface area (Å²) in [6, 6.07) is 9.36. The summed E-state index contributed by atoms with van der Waals surface area (Å²) in [7, 11) is 0. The van der Waals surface area contributed by atoms with E-state index in [4.69, 9.17) is 4.42 Å². The Morgan fingerprint density at radius 1 is 1.39 bits per heavy atom. The first-order valence-electron chi connectivity index (χ1n) is 5.35. The molecule has 1 amide bonds.